The number of amides is 1. The lowest BCUT2D eigenvalue weighted by molar-refractivity contribution is 0.0398. The first-order chi connectivity index (χ1) is 13.7. The van der Waals surface area contributed by atoms with Crippen LogP contribution in [0.3, 0.4) is 0 Å². The number of hydrogen-bond acceptors (Lipinski definition) is 6. The Kier molecular flexibility index (Phi) is 7.11. The summed E-state index contributed by atoms with van der Waals surface area (Å²) in [5.41, 5.74) is 2.23. The molecule has 1 saturated heterocycles. The zero-order valence-electron chi connectivity index (χ0n) is 16.4. The molecule has 150 valence electrons. The third-order valence-corrected chi connectivity index (χ3v) is 4.62. The SMILES string of the molecule is COc1cc(OC)cc(C(=O)Nc2ccc(NCCN3CCOCC3)cc2)c1. The lowest BCUT2D eigenvalue weighted by Crippen LogP contribution is -2.38. The van der Waals surface area contributed by atoms with E-state index in [1.54, 1.807) is 32.4 Å². The van der Waals surface area contributed by atoms with Gasteiger partial charge in [-0.05, 0) is 36.4 Å². The molecule has 1 aliphatic rings. The highest BCUT2D eigenvalue weighted by atomic mass is 16.5. The number of nitrogens with zero attached hydrogens (tertiary/aromatic N) is 1. The second kappa shape index (κ2) is 9.96. The summed E-state index contributed by atoms with van der Waals surface area (Å²) in [5, 5.41) is 6.30. The van der Waals surface area contributed by atoms with Gasteiger partial charge in [-0.15, -0.1) is 0 Å². The van der Waals surface area contributed by atoms with E-state index in [0.29, 0.717) is 17.1 Å². The van der Waals surface area contributed by atoms with Crippen LogP contribution in [0.2, 0.25) is 0 Å². The minimum Gasteiger partial charge on any atom is -0.497 e. The molecule has 0 spiro atoms. The van der Waals surface area contributed by atoms with Crippen LogP contribution >= 0.6 is 0 Å². The molecule has 0 bridgehead atoms. The third kappa shape index (κ3) is 5.61. The molecule has 3 rings (SSSR count). The molecule has 7 heteroatoms. The van der Waals surface area contributed by atoms with Crippen LogP contribution in [0.25, 0.3) is 0 Å². The summed E-state index contributed by atoms with van der Waals surface area (Å²) in [7, 11) is 3.11. The van der Waals surface area contributed by atoms with E-state index >= 15 is 0 Å². The summed E-state index contributed by atoms with van der Waals surface area (Å²) in [6.45, 7) is 5.46. The Balaban J connectivity index is 1.52. The van der Waals surface area contributed by atoms with Crippen molar-refractivity contribution in [3.63, 3.8) is 0 Å². The van der Waals surface area contributed by atoms with Gasteiger partial charge in [-0.3, -0.25) is 9.69 Å². The second-order valence-electron chi connectivity index (χ2n) is 6.51. The molecule has 2 aromatic rings. The van der Waals surface area contributed by atoms with Gasteiger partial charge in [-0.25, -0.2) is 0 Å². The fourth-order valence-electron chi connectivity index (χ4n) is 3.00. The number of benzene rings is 2. The molecule has 0 aliphatic carbocycles. The average molecular weight is 385 g/mol. The molecule has 2 aromatic carbocycles. The minimum absolute atomic E-state index is 0.217. The normalized spacial score (nSPS) is 14.4. The van der Waals surface area contributed by atoms with Crippen LogP contribution in [0.5, 0.6) is 11.5 Å². The van der Waals surface area contributed by atoms with Crippen LogP contribution in [-0.2, 0) is 4.74 Å². The number of carbonyl (C=O) groups excluding carboxylic acids is 1. The Morgan fingerprint density at radius 3 is 2.21 bits per heavy atom. The van der Waals surface area contributed by atoms with Crippen LogP contribution in [-0.4, -0.2) is 64.4 Å². The predicted octanol–water partition coefficient (Wildman–Crippen LogP) is 2.70. The Bertz CT molecular complexity index is 751. The van der Waals surface area contributed by atoms with E-state index in [1.165, 1.54) is 0 Å². The molecular weight excluding hydrogens is 358 g/mol. The standard InChI is InChI=1S/C21H27N3O4/c1-26-19-13-16(14-20(15-19)27-2)21(25)23-18-5-3-17(4-6-18)22-7-8-24-9-11-28-12-10-24/h3-6,13-15,22H,7-12H2,1-2H3,(H,23,25). The molecule has 28 heavy (non-hydrogen) atoms. The second-order valence-corrected chi connectivity index (χ2v) is 6.51. The topological polar surface area (TPSA) is 72.1 Å². The molecule has 2 N–H and O–H groups in total. The van der Waals surface area contributed by atoms with Gasteiger partial charge in [0.15, 0.2) is 0 Å². The predicted molar refractivity (Wildman–Crippen MR) is 110 cm³/mol. The van der Waals surface area contributed by atoms with Gasteiger partial charge in [-0.2, -0.15) is 0 Å². The smallest absolute Gasteiger partial charge is 0.255 e. The number of hydrogen-bond donors (Lipinski definition) is 2. The van der Waals surface area contributed by atoms with Gasteiger partial charge >= 0.3 is 0 Å². The summed E-state index contributed by atoms with van der Waals surface area (Å²) < 4.78 is 15.8. The summed E-state index contributed by atoms with van der Waals surface area (Å²) in [6.07, 6.45) is 0. The molecule has 1 aliphatic heterocycles. The number of anilines is 2. The van der Waals surface area contributed by atoms with E-state index in [2.05, 4.69) is 15.5 Å². The molecule has 1 fully saturated rings. The largest absolute Gasteiger partial charge is 0.497 e. The molecule has 0 radical (unpaired) electrons. The van der Waals surface area contributed by atoms with E-state index in [4.69, 9.17) is 14.2 Å². The van der Waals surface area contributed by atoms with Gasteiger partial charge in [0.2, 0.25) is 0 Å². The van der Waals surface area contributed by atoms with Crippen molar-refractivity contribution in [3.8, 4) is 11.5 Å². The average Bonchev–Trinajstić information content (AvgIpc) is 2.75. The van der Waals surface area contributed by atoms with E-state index in [9.17, 15) is 4.79 Å². The molecular formula is C21H27N3O4. The van der Waals surface area contributed by atoms with Crippen molar-refractivity contribution in [2.75, 3.05) is 64.2 Å². The van der Waals surface area contributed by atoms with Gasteiger partial charge in [0.1, 0.15) is 11.5 Å². The van der Waals surface area contributed by atoms with Crippen LogP contribution in [0.4, 0.5) is 11.4 Å². The maximum atomic E-state index is 12.5. The van der Waals surface area contributed by atoms with Crippen molar-refractivity contribution in [1.29, 1.82) is 0 Å². The van der Waals surface area contributed by atoms with Crippen LogP contribution in [0.1, 0.15) is 10.4 Å². The van der Waals surface area contributed by atoms with E-state index < -0.39 is 0 Å². The Hall–Kier alpha value is -2.77. The van der Waals surface area contributed by atoms with E-state index in [0.717, 1.165) is 50.8 Å². The summed E-state index contributed by atoms with van der Waals surface area (Å²) in [5.74, 6) is 0.929. The Morgan fingerprint density at radius 2 is 1.61 bits per heavy atom. The molecule has 1 amide bonds. The van der Waals surface area contributed by atoms with Crippen molar-refractivity contribution in [2.24, 2.45) is 0 Å². The maximum Gasteiger partial charge on any atom is 0.255 e. The van der Waals surface area contributed by atoms with Gasteiger partial charge in [-0.1, -0.05) is 0 Å². The summed E-state index contributed by atoms with van der Waals surface area (Å²) >= 11 is 0. The van der Waals surface area contributed by atoms with Crippen molar-refractivity contribution in [3.05, 3.63) is 48.0 Å². The Morgan fingerprint density at radius 1 is 1.00 bits per heavy atom. The number of ether oxygens (including phenoxy) is 3. The molecule has 0 atom stereocenters. The fraction of sp³-hybridized carbons (Fsp3) is 0.381. The maximum absolute atomic E-state index is 12.5. The van der Waals surface area contributed by atoms with Gasteiger partial charge in [0.25, 0.3) is 5.91 Å². The number of rotatable bonds is 8. The van der Waals surface area contributed by atoms with Gasteiger partial charge in [0.05, 0.1) is 27.4 Å². The third-order valence-electron chi connectivity index (χ3n) is 4.62. The van der Waals surface area contributed by atoms with Gasteiger partial charge in [0, 0.05) is 49.2 Å². The first-order valence-corrected chi connectivity index (χ1v) is 9.36. The molecule has 7 nitrogen and oxygen atoms in total. The monoisotopic (exact) mass is 385 g/mol. The minimum atomic E-state index is -0.217. The number of carbonyl (C=O) groups is 1. The summed E-state index contributed by atoms with van der Waals surface area (Å²) in [6, 6.07) is 12.8. The highest BCUT2D eigenvalue weighted by Crippen LogP contribution is 2.23. The number of nitrogens with one attached hydrogen (secondary N) is 2. The zero-order chi connectivity index (χ0) is 19.8. The quantitative estimate of drug-likeness (QED) is 0.728. The molecule has 0 saturated carbocycles. The van der Waals surface area contributed by atoms with E-state index in [1.807, 2.05) is 24.3 Å². The van der Waals surface area contributed by atoms with Crippen LogP contribution in [0, 0.1) is 0 Å². The lowest BCUT2D eigenvalue weighted by atomic mass is 10.1. The van der Waals surface area contributed by atoms with Crippen LogP contribution in [0.15, 0.2) is 42.5 Å². The lowest BCUT2D eigenvalue weighted by Gasteiger charge is -2.26. The summed E-state index contributed by atoms with van der Waals surface area (Å²) in [4.78, 5) is 14.9. The highest BCUT2D eigenvalue weighted by Gasteiger charge is 2.11. The zero-order valence-corrected chi connectivity index (χ0v) is 16.4. The molecule has 1 heterocycles. The number of morpholine rings is 1. The van der Waals surface area contributed by atoms with Gasteiger partial charge < -0.3 is 24.8 Å². The van der Waals surface area contributed by atoms with Crippen molar-refractivity contribution in [1.82, 2.24) is 4.90 Å². The highest BCUT2D eigenvalue weighted by molar-refractivity contribution is 6.04. The molecule has 0 aromatic heterocycles. The van der Waals surface area contributed by atoms with Crippen molar-refractivity contribution >= 4 is 17.3 Å². The molecule has 0 unspecified atom stereocenters. The van der Waals surface area contributed by atoms with Crippen molar-refractivity contribution < 1.29 is 19.0 Å². The first kappa shape index (κ1) is 20.0. The van der Waals surface area contributed by atoms with Crippen LogP contribution < -0.4 is 20.1 Å². The fourth-order valence-corrected chi connectivity index (χ4v) is 3.00. The van der Waals surface area contributed by atoms with Crippen molar-refractivity contribution in [2.45, 2.75) is 0 Å². The number of methoxy groups -OCH3 is 2. The first-order valence-electron chi connectivity index (χ1n) is 9.36. The van der Waals surface area contributed by atoms with E-state index in [-0.39, 0.29) is 5.91 Å². The Labute approximate surface area is 165 Å².